The number of primary amides is 1. The van der Waals surface area contributed by atoms with Crippen molar-refractivity contribution in [2.24, 2.45) is 5.73 Å². The molecule has 0 unspecified atom stereocenters. The number of amides is 3. The number of urea groups is 1. The summed E-state index contributed by atoms with van der Waals surface area (Å²) in [7, 11) is 1.58. The molecule has 0 aliphatic heterocycles. The van der Waals surface area contributed by atoms with Crippen LogP contribution >= 0.6 is 0 Å². The van der Waals surface area contributed by atoms with Gasteiger partial charge in [-0.05, 0) is 24.1 Å². The van der Waals surface area contributed by atoms with Crippen LogP contribution in [-0.4, -0.2) is 43.3 Å². The third-order valence-corrected chi connectivity index (χ3v) is 2.84. The summed E-state index contributed by atoms with van der Waals surface area (Å²) in [6.07, 6.45) is 0.949. The maximum atomic E-state index is 11.7. The fourth-order valence-electron chi connectivity index (χ4n) is 1.72. The van der Waals surface area contributed by atoms with Crippen LogP contribution in [0.25, 0.3) is 0 Å². The SMILES string of the molecule is COCCCNC(=O)N[C@@H](Cc1ccc(O)cc1)C(N)=O. The third kappa shape index (κ3) is 6.62. The highest BCUT2D eigenvalue weighted by Crippen LogP contribution is 2.11. The van der Waals surface area contributed by atoms with E-state index >= 15 is 0 Å². The highest BCUT2D eigenvalue weighted by Gasteiger charge is 2.18. The predicted octanol–water partition coefficient (Wildman–Crippen LogP) is 0.124. The molecule has 0 bridgehead atoms. The Kier molecular flexibility index (Phi) is 7.03. The Morgan fingerprint density at radius 2 is 2.00 bits per heavy atom. The van der Waals surface area contributed by atoms with Crippen LogP contribution in [0.2, 0.25) is 0 Å². The van der Waals surface area contributed by atoms with Gasteiger partial charge in [-0.2, -0.15) is 0 Å². The fourth-order valence-corrected chi connectivity index (χ4v) is 1.72. The first-order valence-electron chi connectivity index (χ1n) is 6.63. The number of ether oxygens (including phenoxy) is 1. The second-order valence-corrected chi connectivity index (χ2v) is 4.57. The number of hydrogen-bond acceptors (Lipinski definition) is 4. The van der Waals surface area contributed by atoms with Gasteiger partial charge >= 0.3 is 6.03 Å². The minimum atomic E-state index is -0.808. The second-order valence-electron chi connectivity index (χ2n) is 4.57. The van der Waals surface area contributed by atoms with E-state index in [9.17, 15) is 14.7 Å². The average Bonchev–Trinajstić information content (AvgIpc) is 2.45. The maximum Gasteiger partial charge on any atom is 0.315 e. The summed E-state index contributed by atoms with van der Waals surface area (Å²) in [5.74, 6) is -0.478. The largest absolute Gasteiger partial charge is 0.508 e. The Hall–Kier alpha value is -2.28. The fraction of sp³-hybridized carbons (Fsp3) is 0.429. The van der Waals surface area contributed by atoms with Gasteiger partial charge in [-0.25, -0.2) is 4.79 Å². The van der Waals surface area contributed by atoms with Crippen molar-refractivity contribution in [3.05, 3.63) is 29.8 Å². The van der Waals surface area contributed by atoms with Crippen LogP contribution in [0.1, 0.15) is 12.0 Å². The number of carbonyl (C=O) groups excluding carboxylic acids is 2. The predicted molar refractivity (Wildman–Crippen MR) is 77.8 cm³/mol. The zero-order valence-electron chi connectivity index (χ0n) is 12.0. The number of nitrogens with one attached hydrogen (secondary N) is 2. The molecule has 5 N–H and O–H groups in total. The van der Waals surface area contributed by atoms with E-state index in [1.807, 2.05) is 0 Å². The zero-order valence-corrected chi connectivity index (χ0v) is 12.0. The van der Waals surface area contributed by atoms with Gasteiger partial charge in [0.2, 0.25) is 5.91 Å². The maximum absolute atomic E-state index is 11.7. The Bertz CT molecular complexity index is 462. The van der Waals surface area contributed by atoms with Crippen LogP contribution in [-0.2, 0) is 16.0 Å². The molecular weight excluding hydrogens is 274 g/mol. The smallest absolute Gasteiger partial charge is 0.315 e. The van der Waals surface area contributed by atoms with Crippen molar-refractivity contribution in [3.63, 3.8) is 0 Å². The van der Waals surface area contributed by atoms with E-state index in [1.54, 1.807) is 19.2 Å². The lowest BCUT2D eigenvalue weighted by molar-refractivity contribution is -0.119. The molecule has 3 amide bonds. The molecule has 7 heteroatoms. The summed E-state index contributed by atoms with van der Waals surface area (Å²) in [6.45, 7) is 0.997. The lowest BCUT2D eigenvalue weighted by Gasteiger charge is -2.16. The molecule has 0 aromatic heterocycles. The minimum absolute atomic E-state index is 0.137. The van der Waals surface area contributed by atoms with Crippen LogP contribution in [0, 0.1) is 0 Å². The van der Waals surface area contributed by atoms with E-state index in [0.717, 1.165) is 5.56 Å². The number of methoxy groups -OCH3 is 1. The quantitative estimate of drug-likeness (QED) is 0.510. The standard InChI is InChI=1S/C14H21N3O4/c1-21-8-2-7-16-14(20)17-12(13(15)19)9-10-3-5-11(18)6-4-10/h3-6,12,18H,2,7-9H2,1H3,(H2,15,19)(H2,16,17,20)/t12-/m0/s1. The first kappa shape index (κ1) is 16.8. The van der Waals surface area contributed by atoms with Crippen molar-refractivity contribution in [1.29, 1.82) is 0 Å². The van der Waals surface area contributed by atoms with E-state index in [1.165, 1.54) is 12.1 Å². The van der Waals surface area contributed by atoms with Gasteiger partial charge in [-0.15, -0.1) is 0 Å². The lowest BCUT2D eigenvalue weighted by Crippen LogP contribution is -2.49. The number of phenols is 1. The molecule has 7 nitrogen and oxygen atoms in total. The topological polar surface area (TPSA) is 114 Å². The number of nitrogens with two attached hydrogens (primary N) is 1. The molecule has 116 valence electrons. The van der Waals surface area contributed by atoms with Gasteiger partial charge in [0.05, 0.1) is 0 Å². The summed E-state index contributed by atoms with van der Waals surface area (Å²) in [5.41, 5.74) is 6.08. The molecule has 1 rings (SSSR count). The Morgan fingerprint density at radius 3 is 2.57 bits per heavy atom. The first-order chi connectivity index (χ1) is 10.0. The molecule has 0 spiro atoms. The number of hydrogen-bond donors (Lipinski definition) is 4. The van der Waals surface area contributed by atoms with Gasteiger partial charge in [0.1, 0.15) is 11.8 Å². The van der Waals surface area contributed by atoms with Crippen molar-refractivity contribution in [3.8, 4) is 5.75 Å². The number of aromatic hydroxyl groups is 1. The first-order valence-corrected chi connectivity index (χ1v) is 6.63. The van der Waals surface area contributed by atoms with Crippen LogP contribution < -0.4 is 16.4 Å². The highest BCUT2D eigenvalue weighted by atomic mass is 16.5. The van der Waals surface area contributed by atoms with Crippen LogP contribution in [0.3, 0.4) is 0 Å². The van der Waals surface area contributed by atoms with Crippen molar-refractivity contribution in [2.45, 2.75) is 18.9 Å². The van der Waals surface area contributed by atoms with Crippen LogP contribution in [0.5, 0.6) is 5.75 Å². The zero-order chi connectivity index (χ0) is 15.7. The van der Waals surface area contributed by atoms with E-state index in [4.69, 9.17) is 10.5 Å². The molecule has 1 aromatic carbocycles. The molecule has 1 aromatic rings. The van der Waals surface area contributed by atoms with E-state index in [2.05, 4.69) is 10.6 Å². The molecule has 0 radical (unpaired) electrons. The van der Waals surface area contributed by atoms with Crippen molar-refractivity contribution < 1.29 is 19.4 Å². The number of carbonyl (C=O) groups is 2. The van der Waals surface area contributed by atoms with E-state index in [-0.39, 0.29) is 12.2 Å². The second kappa shape index (κ2) is 8.80. The summed E-state index contributed by atoms with van der Waals surface area (Å²) in [4.78, 5) is 23.0. The summed E-state index contributed by atoms with van der Waals surface area (Å²) >= 11 is 0. The number of benzene rings is 1. The van der Waals surface area contributed by atoms with Crippen molar-refractivity contribution >= 4 is 11.9 Å². The Morgan fingerprint density at radius 1 is 1.33 bits per heavy atom. The van der Waals surface area contributed by atoms with Gasteiger partial charge in [-0.3, -0.25) is 4.79 Å². The Labute approximate surface area is 123 Å². The average molecular weight is 295 g/mol. The molecule has 0 saturated carbocycles. The molecule has 0 aliphatic rings. The Balaban J connectivity index is 2.48. The van der Waals surface area contributed by atoms with Gasteiger partial charge in [0.25, 0.3) is 0 Å². The van der Waals surface area contributed by atoms with Gasteiger partial charge in [0.15, 0.2) is 0 Å². The number of phenolic OH excluding ortho intramolecular Hbond substituents is 1. The molecule has 1 atom stereocenters. The van der Waals surface area contributed by atoms with Crippen molar-refractivity contribution in [2.75, 3.05) is 20.3 Å². The normalized spacial score (nSPS) is 11.7. The van der Waals surface area contributed by atoms with E-state index in [0.29, 0.717) is 19.6 Å². The molecule has 0 aliphatic carbocycles. The molecule has 21 heavy (non-hydrogen) atoms. The van der Waals surface area contributed by atoms with Crippen molar-refractivity contribution in [1.82, 2.24) is 10.6 Å². The van der Waals surface area contributed by atoms with E-state index < -0.39 is 18.0 Å². The van der Waals surface area contributed by atoms with Gasteiger partial charge in [0, 0.05) is 26.7 Å². The monoisotopic (exact) mass is 295 g/mol. The number of rotatable bonds is 8. The molecule has 0 fully saturated rings. The highest BCUT2D eigenvalue weighted by molar-refractivity contribution is 5.86. The summed E-state index contributed by atoms with van der Waals surface area (Å²) < 4.78 is 4.87. The summed E-state index contributed by atoms with van der Waals surface area (Å²) in [6, 6.07) is 5.11. The van der Waals surface area contributed by atoms with Gasteiger partial charge in [-0.1, -0.05) is 12.1 Å². The molecule has 0 saturated heterocycles. The third-order valence-electron chi connectivity index (χ3n) is 2.84. The van der Waals surface area contributed by atoms with Crippen LogP contribution in [0.15, 0.2) is 24.3 Å². The van der Waals surface area contributed by atoms with Gasteiger partial charge < -0.3 is 26.2 Å². The summed E-state index contributed by atoms with van der Waals surface area (Å²) in [5, 5.41) is 14.4. The molecular formula is C14H21N3O4. The lowest BCUT2D eigenvalue weighted by atomic mass is 10.1. The van der Waals surface area contributed by atoms with Crippen LogP contribution in [0.4, 0.5) is 4.79 Å². The minimum Gasteiger partial charge on any atom is -0.508 e. The molecule has 0 heterocycles.